The number of benzene rings is 2. The van der Waals surface area contributed by atoms with Gasteiger partial charge in [-0.1, -0.05) is 23.4 Å². The molecular formula is C15H11F2N3O. The predicted octanol–water partition coefficient (Wildman–Crippen LogP) is 3.19. The van der Waals surface area contributed by atoms with Crippen molar-refractivity contribution in [1.82, 2.24) is 10.1 Å². The van der Waals surface area contributed by atoms with Crippen LogP contribution in [0.15, 0.2) is 47.0 Å². The molecule has 0 bridgehead atoms. The fourth-order valence-corrected chi connectivity index (χ4v) is 1.98. The standard InChI is InChI=1S/C15H11F2N3O/c16-10-5-6-11(13(18)8-10)15-19-14(20-21-15)7-9-3-1-2-4-12(9)17/h1-6,8H,7,18H2. The van der Waals surface area contributed by atoms with Crippen LogP contribution in [-0.2, 0) is 6.42 Å². The molecule has 3 aromatic rings. The summed E-state index contributed by atoms with van der Waals surface area (Å²) in [5.41, 5.74) is 6.83. The van der Waals surface area contributed by atoms with Crippen molar-refractivity contribution in [2.45, 2.75) is 6.42 Å². The first-order valence-electron chi connectivity index (χ1n) is 6.25. The molecule has 2 aromatic carbocycles. The number of nitrogen functional groups attached to an aromatic ring is 1. The van der Waals surface area contributed by atoms with Crippen LogP contribution >= 0.6 is 0 Å². The molecule has 3 rings (SSSR count). The SMILES string of the molecule is Nc1cc(F)ccc1-c1nc(Cc2ccccc2F)no1. The lowest BCUT2D eigenvalue weighted by molar-refractivity contribution is 0.423. The Labute approximate surface area is 119 Å². The van der Waals surface area contributed by atoms with Crippen molar-refractivity contribution >= 4 is 5.69 Å². The molecule has 0 aliphatic carbocycles. The maximum Gasteiger partial charge on any atom is 0.260 e. The lowest BCUT2D eigenvalue weighted by Gasteiger charge is -1.99. The molecule has 0 radical (unpaired) electrons. The highest BCUT2D eigenvalue weighted by atomic mass is 19.1. The minimum atomic E-state index is -0.442. The van der Waals surface area contributed by atoms with Crippen molar-refractivity contribution in [2.75, 3.05) is 5.73 Å². The predicted molar refractivity (Wildman–Crippen MR) is 73.3 cm³/mol. The Morgan fingerprint density at radius 2 is 1.90 bits per heavy atom. The van der Waals surface area contributed by atoms with Gasteiger partial charge in [0.1, 0.15) is 11.6 Å². The van der Waals surface area contributed by atoms with Gasteiger partial charge in [0.05, 0.1) is 5.56 Å². The first-order valence-corrected chi connectivity index (χ1v) is 6.25. The topological polar surface area (TPSA) is 64.9 Å². The van der Waals surface area contributed by atoms with Gasteiger partial charge >= 0.3 is 0 Å². The highest BCUT2D eigenvalue weighted by Gasteiger charge is 2.13. The van der Waals surface area contributed by atoms with E-state index in [4.69, 9.17) is 10.3 Å². The largest absolute Gasteiger partial charge is 0.398 e. The van der Waals surface area contributed by atoms with Gasteiger partial charge in [-0.25, -0.2) is 8.78 Å². The minimum Gasteiger partial charge on any atom is -0.398 e. The minimum absolute atomic E-state index is 0.179. The third kappa shape index (κ3) is 2.74. The quantitative estimate of drug-likeness (QED) is 0.751. The van der Waals surface area contributed by atoms with Crippen molar-refractivity contribution in [2.24, 2.45) is 0 Å². The average molecular weight is 287 g/mol. The van der Waals surface area contributed by atoms with Crippen LogP contribution in [0.3, 0.4) is 0 Å². The molecule has 0 atom stereocenters. The molecule has 0 amide bonds. The van der Waals surface area contributed by atoms with E-state index in [1.807, 2.05) is 0 Å². The number of hydrogen-bond donors (Lipinski definition) is 1. The van der Waals surface area contributed by atoms with Crippen LogP contribution in [0.25, 0.3) is 11.5 Å². The van der Waals surface area contributed by atoms with E-state index < -0.39 is 5.82 Å². The lowest BCUT2D eigenvalue weighted by Crippen LogP contribution is -1.95. The third-order valence-corrected chi connectivity index (χ3v) is 3.02. The summed E-state index contributed by atoms with van der Waals surface area (Å²) >= 11 is 0. The summed E-state index contributed by atoms with van der Waals surface area (Å²) in [6.45, 7) is 0. The van der Waals surface area contributed by atoms with Gasteiger partial charge in [-0.05, 0) is 29.8 Å². The van der Waals surface area contributed by atoms with E-state index in [0.717, 1.165) is 0 Å². The second-order valence-electron chi connectivity index (χ2n) is 4.52. The Bertz CT molecular complexity index is 786. The molecule has 106 valence electrons. The highest BCUT2D eigenvalue weighted by molar-refractivity contribution is 5.70. The number of anilines is 1. The molecule has 1 heterocycles. The Morgan fingerprint density at radius 3 is 2.67 bits per heavy atom. The lowest BCUT2D eigenvalue weighted by atomic mass is 10.1. The molecule has 0 spiro atoms. The average Bonchev–Trinajstić information content (AvgIpc) is 2.90. The Hall–Kier alpha value is -2.76. The second-order valence-corrected chi connectivity index (χ2v) is 4.52. The van der Waals surface area contributed by atoms with Crippen molar-refractivity contribution < 1.29 is 13.3 Å². The molecule has 0 aliphatic rings. The van der Waals surface area contributed by atoms with Gasteiger partial charge in [0, 0.05) is 12.1 Å². The van der Waals surface area contributed by atoms with Crippen LogP contribution in [0.5, 0.6) is 0 Å². The maximum absolute atomic E-state index is 13.6. The Kier molecular flexibility index (Phi) is 3.35. The summed E-state index contributed by atoms with van der Waals surface area (Å²) in [6, 6.07) is 10.3. The van der Waals surface area contributed by atoms with Crippen LogP contribution in [0.2, 0.25) is 0 Å². The van der Waals surface area contributed by atoms with Crippen molar-refractivity contribution in [3.8, 4) is 11.5 Å². The molecule has 0 fully saturated rings. The van der Waals surface area contributed by atoms with E-state index in [-0.39, 0.29) is 23.8 Å². The molecule has 1 aromatic heterocycles. The third-order valence-electron chi connectivity index (χ3n) is 3.02. The van der Waals surface area contributed by atoms with Crippen molar-refractivity contribution in [3.63, 3.8) is 0 Å². The fourth-order valence-electron chi connectivity index (χ4n) is 1.98. The Morgan fingerprint density at radius 1 is 1.10 bits per heavy atom. The Balaban J connectivity index is 1.88. The normalized spacial score (nSPS) is 10.8. The van der Waals surface area contributed by atoms with Crippen molar-refractivity contribution in [3.05, 3.63) is 65.5 Å². The molecule has 2 N–H and O–H groups in total. The monoisotopic (exact) mass is 287 g/mol. The number of rotatable bonds is 3. The summed E-state index contributed by atoms with van der Waals surface area (Å²) in [7, 11) is 0. The molecule has 0 unspecified atom stereocenters. The van der Waals surface area contributed by atoms with Gasteiger partial charge in [-0.2, -0.15) is 4.98 Å². The van der Waals surface area contributed by atoms with Crippen LogP contribution in [0, 0.1) is 11.6 Å². The van der Waals surface area contributed by atoms with Gasteiger partial charge in [0.15, 0.2) is 5.82 Å². The molecule has 6 heteroatoms. The van der Waals surface area contributed by atoms with Gasteiger partial charge in [0.2, 0.25) is 0 Å². The summed E-state index contributed by atoms with van der Waals surface area (Å²) in [4.78, 5) is 4.16. The fraction of sp³-hybridized carbons (Fsp3) is 0.0667. The highest BCUT2D eigenvalue weighted by Crippen LogP contribution is 2.25. The zero-order valence-corrected chi connectivity index (χ0v) is 10.9. The van der Waals surface area contributed by atoms with E-state index in [1.165, 1.54) is 24.3 Å². The zero-order valence-electron chi connectivity index (χ0n) is 10.9. The summed E-state index contributed by atoms with van der Waals surface area (Å²) in [5, 5.41) is 3.79. The van der Waals surface area contributed by atoms with E-state index in [1.54, 1.807) is 18.2 Å². The first kappa shape index (κ1) is 13.2. The van der Waals surface area contributed by atoms with Gasteiger partial charge in [-0.3, -0.25) is 0 Å². The van der Waals surface area contributed by atoms with E-state index >= 15 is 0 Å². The molecule has 0 saturated heterocycles. The summed E-state index contributed by atoms with van der Waals surface area (Å²) < 4.78 is 31.7. The molecular weight excluding hydrogens is 276 g/mol. The smallest absolute Gasteiger partial charge is 0.260 e. The van der Waals surface area contributed by atoms with Crippen LogP contribution in [-0.4, -0.2) is 10.1 Å². The molecule has 4 nitrogen and oxygen atoms in total. The first-order chi connectivity index (χ1) is 10.1. The second kappa shape index (κ2) is 5.32. The zero-order chi connectivity index (χ0) is 14.8. The van der Waals surface area contributed by atoms with Gasteiger partial charge in [0.25, 0.3) is 5.89 Å². The number of halogens is 2. The number of hydrogen-bond acceptors (Lipinski definition) is 4. The maximum atomic E-state index is 13.6. The van der Waals surface area contributed by atoms with E-state index in [9.17, 15) is 8.78 Å². The number of nitrogens with zero attached hydrogens (tertiary/aromatic N) is 2. The summed E-state index contributed by atoms with van der Waals surface area (Å²) in [6.07, 6.45) is 0.206. The van der Waals surface area contributed by atoms with Crippen molar-refractivity contribution in [1.29, 1.82) is 0 Å². The van der Waals surface area contributed by atoms with Crippen LogP contribution in [0.1, 0.15) is 11.4 Å². The van der Waals surface area contributed by atoms with Gasteiger partial charge < -0.3 is 10.3 Å². The summed E-state index contributed by atoms with van der Waals surface area (Å²) in [5.74, 6) is -0.259. The van der Waals surface area contributed by atoms with Crippen LogP contribution < -0.4 is 5.73 Å². The van der Waals surface area contributed by atoms with E-state index in [2.05, 4.69) is 10.1 Å². The number of aromatic nitrogens is 2. The number of nitrogens with two attached hydrogens (primary N) is 1. The van der Waals surface area contributed by atoms with E-state index in [0.29, 0.717) is 17.0 Å². The van der Waals surface area contributed by atoms with Crippen LogP contribution in [0.4, 0.5) is 14.5 Å². The molecule has 0 saturated carbocycles. The van der Waals surface area contributed by atoms with Gasteiger partial charge in [-0.15, -0.1) is 0 Å². The molecule has 0 aliphatic heterocycles. The molecule has 21 heavy (non-hydrogen) atoms.